The Kier molecular flexibility index (Phi) is 3.71. The van der Waals surface area contributed by atoms with Crippen molar-refractivity contribution in [2.75, 3.05) is 23.4 Å². The molecule has 0 heterocycles. The van der Waals surface area contributed by atoms with Crippen molar-refractivity contribution in [1.29, 1.82) is 0 Å². The van der Waals surface area contributed by atoms with Crippen LogP contribution < -0.4 is 16.4 Å². The third-order valence-electron chi connectivity index (χ3n) is 3.78. The van der Waals surface area contributed by atoms with Gasteiger partial charge in [-0.1, -0.05) is 24.3 Å². The quantitative estimate of drug-likeness (QED) is 0.707. The number of nitrogens with zero attached hydrogens (tertiary/aromatic N) is 1. The molecule has 0 amide bonds. The van der Waals surface area contributed by atoms with E-state index in [0.717, 1.165) is 28.3 Å². The van der Waals surface area contributed by atoms with Gasteiger partial charge >= 0.3 is 0 Å². The zero-order valence-corrected chi connectivity index (χ0v) is 12.5. The molecule has 3 aromatic rings. The first-order chi connectivity index (χ1) is 10.6. The Morgan fingerprint density at radius 2 is 0.864 bits per heavy atom. The second-order valence-corrected chi connectivity index (χ2v) is 5.32. The number of nitrogen functional groups attached to an aromatic ring is 2. The van der Waals surface area contributed by atoms with E-state index in [1.807, 2.05) is 55.6 Å². The average Bonchev–Trinajstić information content (AvgIpc) is 2.56. The molecule has 3 aromatic carbocycles. The van der Waals surface area contributed by atoms with Gasteiger partial charge in [-0.25, -0.2) is 0 Å². The summed E-state index contributed by atoms with van der Waals surface area (Å²) in [5.41, 5.74) is 17.6. The fraction of sp³-hybridized carbons (Fsp3) is 0.0526. The third kappa shape index (κ3) is 2.88. The highest BCUT2D eigenvalue weighted by Gasteiger charge is 2.04. The molecule has 0 radical (unpaired) electrons. The third-order valence-corrected chi connectivity index (χ3v) is 3.78. The molecule has 0 bridgehead atoms. The molecule has 0 unspecified atom stereocenters. The Bertz CT molecular complexity index is 744. The molecule has 0 saturated heterocycles. The first kappa shape index (κ1) is 14.0. The van der Waals surface area contributed by atoms with Crippen LogP contribution in [0.4, 0.5) is 22.7 Å². The van der Waals surface area contributed by atoms with E-state index in [2.05, 4.69) is 29.2 Å². The summed E-state index contributed by atoms with van der Waals surface area (Å²) in [7, 11) is 2.05. The van der Waals surface area contributed by atoms with Crippen LogP contribution in [0.3, 0.4) is 0 Å². The summed E-state index contributed by atoms with van der Waals surface area (Å²) in [4.78, 5) is 2.13. The van der Waals surface area contributed by atoms with Crippen LogP contribution in [0, 0.1) is 0 Å². The number of benzene rings is 3. The molecule has 0 spiro atoms. The van der Waals surface area contributed by atoms with Gasteiger partial charge in [-0.2, -0.15) is 0 Å². The van der Waals surface area contributed by atoms with Crippen LogP contribution in [0.25, 0.3) is 11.1 Å². The standard InChI is InChI=1S/C19H19N3/c1-22(19-12-8-17(21)9-13-19)18-10-4-15(5-11-18)14-2-6-16(20)7-3-14/h2-13H,20-21H2,1H3. The van der Waals surface area contributed by atoms with Crippen molar-refractivity contribution < 1.29 is 0 Å². The summed E-state index contributed by atoms with van der Waals surface area (Å²) in [6.07, 6.45) is 0. The number of hydrogen-bond donors (Lipinski definition) is 2. The Labute approximate surface area is 130 Å². The largest absolute Gasteiger partial charge is 0.399 e. The van der Waals surface area contributed by atoms with Gasteiger partial charge in [0.15, 0.2) is 0 Å². The van der Waals surface area contributed by atoms with Crippen molar-refractivity contribution in [3.8, 4) is 11.1 Å². The molecule has 22 heavy (non-hydrogen) atoms. The molecule has 0 aliphatic carbocycles. The Morgan fingerprint density at radius 1 is 0.545 bits per heavy atom. The second kappa shape index (κ2) is 5.82. The number of hydrogen-bond acceptors (Lipinski definition) is 3. The number of nitrogens with two attached hydrogens (primary N) is 2. The lowest BCUT2D eigenvalue weighted by atomic mass is 10.0. The van der Waals surface area contributed by atoms with Crippen LogP contribution in [-0.4, -0.2) is 7.05 Å². The summed E-state index contributed by atoms with van der Waals surface area (Å²) >= 11 is 0. The van der Waals surface area contributed by atoms with Crippen molar-refractivity contribution in [1.82, 2.24) is 0 Å². The molecule has 0 aliphatic heterocycles. The molecule has 0 saturated carbocycles. The van der Waals surface area contributed by atoms with E-state index in [4.69, 9.17) is 11.5 Å². The van der Waals surface area contributed by atoms with Crippen molar-refractivity contribution in [3.05, 3.63) is 72.8 Å². The highest BCUT2D eigenvalue weighted by atomic mass is 15.1. The normalized spacial score (nSPS) is 10.4. The van der Waals surface area contributed by atoms with Crippen LogP contribution in [0.1, 0.15) is 0 Å². The fourth-order valence-corrected chi connectivity index (χ4v) is 2.40. The molecule has 0 atom stereocenters. The lowest BCUT2D eigenvalue weighted by Crippen LogP contribution is -2.09. The second-order valence-electron chi connectivity index (χ2n) is 5.32. The highest BCUT2D eigenvalue weighted by Crippen LogP contribution is 2.27. The Morgan fingerprint density at radius 3 is 1.32 bits per heavy atom. The van der Waals surface area contributed by atoms with E-state index in [1.54, 1.807) is 0 Å². The predicted octanol–water partition coefficient (Wildman–Crippen LogP) is 4.29. The minimum absolute atomic E-state index is 0.774. The van der Waals surface area contributed by atoms with E-state index in [-0.39, 0.29) is 0 Å². The van der Waals surface area contributed by atoms with Gasteiger partial charge in [0.05, 0.1) is 0 Å². The summed E-state index contributed by atoms with van der Waals surface area (Å²) in [5.74, 6) is 0. The average molecular weight is 289 g/mol. The molecule has 0 aliphatic rings. The first-order valence-corrected chi connectivity index (χ1v) is 7.19. The van der Waals surface area contributed by atoms with Crippen LogP contribution in [0.15, 0.2) is 72.8 Å². The zero-order chi connectivity index (χ0) is 15.5. The van der Waals surface area contributed by atoms with Gasteiger partial charge in [-0.05, 0) is 59.7 Å². The molecule has 0 fully saturated rings. The van der Waals surface area contributed by atoms with Gasteiger partial charge in [0.2, 0.25) is 0 Å². The highest BCUT2D eigenvalue weighted by molar-refractivity contribution is 5.70. The molecule has 110 valence electrons. The summed E-state index contributed by atoms with van der Waals surface area (Å²) < 4.78 is 0. The van der Waals surface area contributed by atoms with E-state index in [9.17, 15) is 0 Å². The maximum atomic E-state index is 5.73. The zero-order valence-electron chi connectivity index (χ0n) is 12.5. The van der Waals surface area contributed by atoms with E-state index in [1.165, 1.54) is 5.56 Å². The summed E-state index contributed by atoms with van der Waals surface area (Å²) in [5, 5.41) is 0. The van der Waals surface area contributed by atoms with Gasteiger partial charge in [-0.15, -0.1) is 0 Å². The maximum absolute atomic E-state index is 5.73. The molecule has 4 N–H and O–H groups in total. The Hall–Kier alpha value is -2.94. The molecular formula is C19H19N3. The SMILES string of the molecule is CN(c1ccc(N)cc1)c1ccc(-c2ccc(N)cc2)cc1. The fourth-order valence-electron chi connectivity index (χ4n) is 2.40. The van der Waals surface area contributed by atoms with Gasteiger partial charge in [-0.3, -0.25) is 0 Å². The molecule has 3 rings (SSSR count). The predicted molar refractivity (Wildman–Crippen MR) is 95.2 cm³/mol. The van der Waals surface area contributed by atoms with Gasteiger partial charge in [0.25, 0.3) is 0 Å². The topological polar surface area (TPSA) is 55.3 Å². The van der Waals surface area contributed by atoms with Crippen molar-refractivity contribution in [2.45, 2.75) is 0 Å². The van der Waals surface area contributed by atoms with E-state index >= 15 is 0 Å². The maximum Gasteiger partial charge on any atom is 0.0409 e. The summed E-state index contributed by atoms with van der Waals surface area (Å²) in [6, 6.07) is 24.2. The first-order valence-electron chi connectivity index (χ1n) is 7.19. The van der Waals surface area contributed by atoms with Gasteiger partial charge < -0.3 is 16.4 Å². The molecule has 3 nitrogen and oxygen atoms in total. The minimum atomic E-state index is 0.774. The lowest BCUT2D eigenvalue weighted by molar-refractivity contribution is 1.21. The number of rotatable bonds is 3. The monoisotopic (exact) mass is 289 g/mol. The van der Waals surface area contributed by atoms with Crippen LogP contribution >= 0.6 is 0 Å². The van der Waals surface area contributed by atoms with Crippen LogP contribution in [-0.2, 0) is 0 Å². The smallest absolute Gasteiger partial charge is 0.0409 e. The van der Waals surface area contributed by atoms with Crippen LogP contribution in [0.5, 0.6) is 0 Å². The Balaban J connectivity index is 1.84. The van der Waals surface area contributed by atoms with E-state index < -0.39 is 0 Å². The van der Waals surface area contributed by atoms with Crippen molar-refractivity contribution in [2.24, 2.45) is 0 Å². The molecule has 3 heteroatoms. The van der Waals surface area contributed by atoms with Gasteiger partial charge in [0.1, 0.15) is 0 Å². The number of anilines is 4. The minimum Gasteiger partial charge on any atom is -0.399 e. The van der Waals surface area contributed by atoms with E-state index in [0.29, 0.717) is 0 Å². The van der Waals surface area contributed by atoms with Crippen molar-refractivity contribution in [3.63, 3.8) is 0 Å². The molecule has 0 aromatic heterocycles. The summed E-state index contributed by atoms with van der Waals surface area (Å²) in [6.45, 7) is 0. The lowest BCUT2D eigenvalue weighted by Gasteiger charge is -2.20. The van der Waals surface area contributed by atoms with Gasteiger partial charge in [0, 0.05) is 29.8 Å². The molecular weight excluding hydrogens is 270 g/mol. The van der Waals surface area contributed by atoms with Crippen LogP contribution in [0.2, 0.25) is 0 Å². The van der Waals surface area contributed by atoms with Crippen molar-refractivity contribution >= 4 is 22.7 Å².